The predicted molar refractivity (Wildman–Crippen MR) is 103 cm³/mol. The molecule has 132 valence electrons. The van der Waals surface area contributed by atoms with Crippen LogP contribution in [0.3, 0.4) is 0 Å². The van der Waals surface area contributed by atoms with Crippen LogP contribution in [0.2, 0.25) is 0 Å². The summed E-state index contributed by atoms with van der Waals surface area (Å²) in [5.74, 6) is -0.00343. The topological polar surface area (TPSA) is 40.6 Å². The maximum atomic E-state index is 13.4. The second-order valence-electron chi connectivity index (χ2n) is 7.45. The molecule has 0 radical (unpaired) electrons. The van der Waals surface area contributed by atoms with E-state index in [0.717, 1.165) is 63.2 Å². The molecule has 2 heterocycles. The lowest BCUT2D eigenvalue weighted by atomic mass is 9.82. The van der Waals surface area contributed by atoms with Gasteiger partial charge in [-0.1, -0.05) is 24.3 Å². The normalized spacial score (nSPS) is 19.1. The maximum Gasteiger partial charge on any atom is 0.196 e. The van der Waals surface area contributed by atoms with Gasteiger partial charge in [0.25, 0.3) is 0 Å². The van der Waals surface area contributed by atoms with Crippen LogP contribution in [0, 0.1) is 0 Å². The van der Waals surface area contributed by atoms with Crippen LogP contribution in [-0.2, 0) is 0 Å². The van der Waals surface area contributed by atoms with E-state index in [1.807, 2.05) is 36.4 Å². The van der Waals surface area contributed by atoms with Gasteiger partial charge in [0.1, 0.15) is 0 Å². The van der Waals surface area contributed by atoms with Gasteiger partial charge in [-0.15, -0.1) is 0 Å². The van der Waals surface area contributed by atoms with E-state index < -0.39 is 0 Å². The zero-order chi connectivity index (χ0) is 17.7. The lowest BCUT2D eigenvalue weighted by Crippen LogP contribution is -2.29. The molecule has 3 aliphatic rings. The van der Waals surface area contributed by atoms with E-state index in [4.69, 9.17) is 0 Å². The second-order valence-corrected chi connectivity index (χ2v) is 7.45. The van der Waals surface area contributed by atoms with Crippen LogP contribution >= 0.6 is 0 Å². The minimum atomic E-state index is -0.00172. The molecule has 2 aromatic rings. The van der Waals surface area contributed by atoms with Gasteiger partial charge >= 0.3 is 0 Å². The van der Waals surface area contributed by atoms with Crippen molar-refractivity contribution in [2.45, 2.75) is 25.7 Å². The monoisotopic (exact) mass is 346 g/mol. The third-order valence-corrected chi connectivity index (χ3v) is 5.92. The maximum absolute atomic E-state index is 13.4. The Morgan fingerprint density at radius 2 is 0.962 bits per heavy atom. The Balaban J connectivity index is 1.68. The number of ketones is 2. The highest BCUT2D eigenvalue weighted by atomic mass is 16.1. The molecule has 4 heteroatoms. The van der Waals surface area contributed by atoms with Crippen molar-refractivity contribution < 1.29 is 9.59 Å². The lowest BCUT2D eigenvalue weighted by Gasteiger charge is -2.28. The molecule has 2 aromatic carbocycles. The number of carbonyl (C=O) groups is 2. The molecule has 2 fully saturated rings. The highest BCUT2D eigenvalue weighted by Gasteiger charge is 2.36. The van der Waals surface area contributed by atoms with Crippen molar-refractivity contribution in [2.75, 3.05) is 36.0 Å². The van der Waals surface area contributed by atoms with Crippen LogP contribution in [-0.4, -0.2) is 37.7 Å². The molecule has 0 N–H and O–H groups in total. The molecule has 0 aromatic heterocycles. The van der Waals surface area contributed by atoms with Crippen molar-refractivity contribution in [1.82, 2.24) is 0 Å². The van der Waals surface area contributed by atoms with Crippen LogP contribution in [0.5, 0.6) is 0 Å². The van der Waals surface area contributed by atoms with Crippen molar-refractivity contribution in [1.29, 1.82) is 0 Å². The molecule has 4 nitrogen and oxygen atoms in total. The summed E-state index contributed by atoms with van der Waals surface area (Å²) in [5.41, 5.74) is 4.19. The summed E-state index contributed by atoms with van der Waals surface area (Å²) < 4.78 is 0. The molecule has 26 heavy (non-hydrogen) atoms. The third kappa shape index (κ3) is 2.21. The Kier molecular flexibility index (Phi) is 3.59. The molecule has 2 aliphatic heterocycles. The Morgan fingerprint density at radius 3 is 1.35 bits per heavy atom. The van der Waals surface area contributed by atoms with Crippen molar-refractivity contribution >= 4 is 22.9 Å². The highest BCUT2D eigenvalue weighted by molar-refractivity contribution is 6.31. The molecule has 0 spiro atoms. The number of hydrogen-bond donors (Lipinski definition) is 0. The van der Waals surface area contributed by atoms with E-state index in [2.05, 4.69) is 9.80 Å². The number of anilines is 2. The first-order chi connectivity index (χ1) is 12.8. The largest absolute Gasteiger partial charge is 0.371 e. The summed E-state index contributed by atoms with van der Waals surface area (Å²) in [6.07, 6.45) is 4.56. The van der Waals surface area contributed by atoms with E-state index in [-0.39, 0.29) is 11.6 Å². The smallest absolute Gasteiger partial charge is 0.196 e. The number of hydrogen-bond acceptors (Lipinski definition) is 4. The molecular weight excluding hydrogens is 324 g/mol. The zero-order valence-corrected chi connectivity index (χ0v) is 14.8. The van der Waals surface area contributed by atoms with Crippen LogP contribution in [0.25, 0.3) is 0 Å². The van der Waals surface area contributed by atoms with Crippen LogP contribution in [0.1, 0.15) is 57.5 Å². The first-order valence-electron chi connectivity index (χ1n) is 9.61. The van der Waals surface area contributed by atoms with Gasteiger partial charge in [-0.2, -0.15) is 0 Å². The number of rotatable bonds is 2. The van der Waals surface area contributed by atoms with E-state index in [0.29, 0.717) is 22.3 Å². The first-order valence-corrected chi connectivity index (χ1v) is 9.61. The SMILES string of the molecule is O=C1c2cccc(N3CCCC3)c2C(=O)c2cccc(N3CCCC3)c21. The fourth-order valence-corrected chi connectivity index (χ4v) is 4.65. The standard InChI is InChI=1S/C22H22N2O2/c25-21-16-8-6-10-18(24-13-3-4-14-24)20(16)22(26)15-7-5-9-17(19(15)21)23-11-1-2-12-23/h5-10H,1-4,11-14H2. The molecule has 5 rings (SSSR count). The Hall–Kier alpha value is -2.62. The van der Waals surface area contributed by atoms with E-state index in [1.165, 1.54) is 0 Å². The van der Waals surface area contributed by atoms with Gasteiger partial charge in [0.2, 0.25) is 0 Å². The van der Waals surface area contributed by atoms with Crippen molar-refractivity contribution in [3.8, 4) is 0 Å². The summed E-state index contributed by atoms with van der Waals surface area (Å²) in [7, 11) is 0. The van der Waals surface area contributed by atoms with Gasteiger partial charge in [-0.05, 0) is 37.8 Å². The minimum Gasteiger partial charge on any atom is -0.371 e. The molecule has 0 amide bonds. The van der Waals surface area contributed by atoms with Gasteiger partial charge in [0.05, 0.1) is 11.1 Å². The van der Waals surface area contributed by atoms with Crippen LogP contribution in [0.15, 0.2) is 36.4 Å². The summed E-state index contributed by atoms with van der Waals surface area (Å²) in [6, 6.07) is 11.5. The van der Waals surface area contributed by atoms with E-state index in [1.54, 1.807) is 0 Å². The lowest BCUT2D eigenvalue weighted by molar-refractivity contribution is 0.0980. The Morgan fingerprint density at radius 1 is 0.577 bits per heavy atom. The summed E-state index contributed by atoms with van der Waals surface area (Å²) in [6.45, 7) is 3.83. The summed E-state index contributed by atoms with van der Waals surface area (Å²) >= 11 is 0. The van der Waals surface area contributed by atoms with Gasteiger partial charge in [-0.3, -0.25) is 9.59 Å². The van der Waals surface area contributed by atoms with Gasteiger partial charge in [0.15, 0.2) is 11.6 Å². The Bertz CT molecular complexity index is 831. The quantitative estimate of drug-likeness (QED) is 0.710. The zero-order valence-electron chi connectivity index (χ0n) is 14.8. The fourth-order valence-electron chi connectivity index (χ4n) is 4.65. The number of nitrogens with zero attached hydrogens (tertiary/aromatic N) is 2. The second kappa shape index (κ2) is 5.97. The van der Waals surface area contributed by atoms with Crippen LogP contribution < -0.4 is 9.80 Å². The van der Waals surface area contributed by atoms with Gasteiger partial charge < -0.3 is 9.80 Å². The Labute approximate surface area is 153 Å². The molecule has 0 unspecified atom stereocenters. The molecule has 2 saturated heterocycles. The molecule has 0 saturated carbocycles. The molecule has 1 aliphatic carbocycles. The third-order valence-electron chi connectivity index (χ3n) is 5.92. The van der Waals surface area contributed by atoms with Gasteiger partial charge in [-0.25, -0.2) is 0 Å². The fraction of sp³-hybridized carbons (Fsp3) is 0.364. The summed E-state index contributed by atoms with van der Waals surface area (Å²) in [5, 5.41) is 0. The first kappa shape index (κ1) is 15.6. The minimum absolute atomic E-state index is 0.00172. The number of carbonyl (C=O) groups excluding carboxylic acids is 2. The molecular formula is C22H22N2O2. The molecule has 0 bridgehead atoms. The van der Waals surface area contributed by atoms with Crippen LogP contribution in [0.4, 0.5) is 11.4 Å². The van der Waals surface area contributed by atoms with Crippen molar-refractivity contribution in [3.05, 3.63) is 58.7 Å². The average molecular weight is 346 g/mol. The van der Waals surface area contributed by atoms with E-state index >= 15 is 0 Å². The average Bonchev–Trinajstić information content (AvgIpc) is 3.39. The number of benzene rings is 2. The van der Waals surface area contributed by atoms with E-state index in [9.17, 15) is 9.59 Å². The number of fused-ring (bicyclic) bond motifs is 2. The predicted octanol–water partition coefficient (Wildman–Crippen LogP) is 3.66. The highest BCUT2D eigenvalue weighted by Crippen LogP contribution is 2.39. The van der Waals surface area contributed by atoms with Crippen molar-refractivity contribution in [3.63, 3.8) is 0 Å². The van der Waals surface area contributed by atoms with Crippen molar-refractivity contribution in [2.24, 2.45) is 0 Å². The molecule has 0 atom stereocenters. The van der Waals surface area contributed by atoms with Gasteiger partial charge in [0, 0.05) is 48.7 Å². The summed E-state index contributed by atoms with van der Waals surface area (Å²) in [4.78, 5) is 31.3.